The van der Waals surface area contributed by atoms with E-state index in [0.29, 0.717) is 21.4 Å². The van der Waals surface area contributed by atoms with E-state index in [0.717, 1.165) is 25.7 Å². The number of thiophene rings is 1. The van der Waals surface area contributed by atoms with Gasteiger partial charge in [-0.05, 0) is 86.1 Å². The number of esters is 2. The largest absolute Gasteiger partial charge is 0.465 e. The van der Waals surface area contributed by atoms with Crippen LogP contribution < -0.4 is 4.90 Å². The summed E-state index contributed by atoms with van der Waals surface area (Å²) in [5.41, 5.74) is -0.381. The van der Waals surface area contributed by atoms with E-state index in [1.165, 1.54) is 18.4 Å². The first-order valence-corrected chi connectivity index (χ1v) is 13.2. The molecule has 1 saturated carbocycles. The van der Waals surface area contributed by atoms with Gasteiger partial charge < -0.3 is 14.4 Å². The maximum Gasteiger partial charge on any atom is 0.350 e. The summed E-state index contributed by atoms with van der Waals surface area (Å²) >= 11 is 1.21. The van der Waals surface area contributed by atoms with Gasteiger partial charge in [-0.2, -0.15) is 0 Å². The molecule has 1 aromatic heterocycles. The van der Waals surface area contributed by atoms with Crippen molar-refractivity contribution in [3.63, 3.8) is 0 Å². The quantitative estimate of drug-likeness (QED) is 0.341. The fourth-order valence-corrected chi connectivity index (χ4v) is 5.02. The fraction of sp³-hybridized carbons (Fsp3) is 0.679. The molecule has 35 heavy (non-hydrogen) atoms. The van der Waals surface area contributed by atoms with Crippen molar-refractivity contribution < 1.29 is 23.9 Å². The number of hydrogen-bond acceptors (Lipinski definition) is 6. The van der Waals surface area contributed by atoms with Gasteiger partial charge in [-0.25, -0.2) is 4.79 Å². The fourth-order valence-electron chi connectivity index (χ4n) is 4.10. The second-order valence-electron chi connectivity index (χ2n) is 11.6. The van der Waals surface area contributed by atoms with Crippen molar-refractivity contribution in [3.8, 4) is 11.8 Å². The first-order chi connectivity index (χ1) is 16.1. The SMILES string of the molecule is COC(=O)c1sc(C#CC(C)(C)C)cc1N(C(=O)C1CCC(C)CC1)C(C)CC(=O)OC(C)(C)C. The van der Waals surface area contributed by atoms with Crippen LogP contribution in [0.15, 0.2) is 6.07 Å². The Hall–Kier alpha value is -2.33. The maximum absolute atomic E-state index is 13.9. The van der Waals surface area contributed by atoms with Gasteiger partial charge in [-0.3, -0.25) is 9.59 Å². The summed E-state index contributed by atoms with van der Waals surface area (Å²) in [6.07, 6.45) is 3.58. The Kier molecular flexibility index (Phi) is 9.58. The van der Waals surface area contributed by atoms with Gasteiger partial charge in [0.1, 0.15) is 10.5 Å². The molecule has 0 aromatic carbocycles. The standard InChI is InChI=1S/C28H41NO5S/c1-18-10-12-20(13-11-18)25(31)29(19(2)16-23(30)34-28(6,7)8)22-17-21(14-15-27(3,4)5)35-24(22)26(32)33-9/h17-20H,10-13,16H2,1-9H3. The molecule has 0 saturated heterocycles. The number of hydrogen-bond donors (Lipinski definition) is 0. The first kappa shape index (κ1) is 28.9. The Morgan fingerprint density at radius 3 is 2.23 bits per heavy atom. The third-order valence-electron chi connectivity index (χ3n) is 5.83. The van der Waals surface area contributed by atoms with Crippen molar-refractivity contribution in [2.75, 3.05) is 12.0 Å². The lowest BCUT2D eigenvalue weighted by Gasteiger charge is -2.35. The summed E-state index contributed by atoms with van der Waals surface area (Å²) in [6, 6.07) is 1.28. The lowest BCUT2D eigenvalue weighted by Crippen LogP contribution is -2.45. The van der Waals surface area contributed by atoms with E-state index >= 15 is 0 Å². The van der Waals surface area contributed by atoms with Gasteiger partial charge >= 0.3 is 11.9 Å². The molecule has 7 heteroatoms. The highest BCUT2D eigenvalue weighted by Crippen LogP contribution is 2.37. The molecule has 6 nitrogen and oxygen atoms in total. The topological polar surface area (TPSA) is 72.9 Å². The molecule has 0 radical (unpaired) electrons. The Bertz CT molecular complexity index is 978. The molecule has 1 atom stereocenters. The second kappa shape index (κ2) is 11.6. The average Bonchev–Trinajstić information content (AvgIpc) is 3.14. The molecule has 1 heterocycles. The van der Waals surface area contributed by atoms with Crippen LogP contribution in [0.5, 0.6) is 0 Å². The zero-order valence-corrected chi connectivity index (χ0v) is 23.6. The number of amides is 1. The van der Waals surface area contributed by atoms with E-state index in [1.54, 1.807) is 11.0 Å². The van der Waals surface area contributed by atoms with Crippen molar-refractivity contribution in [1.29, 1.82) is 0 Å². The molecule has 1 aliphatic carbocycles. The van der Waals surface area contributed by atoms with Crippen molar-refractivity contribution >= 4 is 34.9 Å². The minimum absolute atomic E-state index is 0.0194. The van der Waals surface area contributed by atoms with E-state index in [4.69, 9.17) is 9.47 Å². The molecule has 0 aliphatic heterocycles. The van der Waals surface area contributed by atoms with Crippen LogP contribution in [0.2, 0.25) is 0 Å². The molecule has 0 bridgehead atoms. The maximum atomic E-state index is 13.9. The van der Waals surface area contributed by atoms with E-state index in [1.807, 2.05) is 48.5 Å². The highest BCUT2D eigenvalue weighted by molar-refractivity contribution is 7.15. The van der Waals surface area contributed by atoms with Crippen molar-refractivity contribution in [2.45, 2.75) is 99.1 Å². The molecule has 1 aliphatic rings. The van der Waals surface area contributed by atoms with Gasteiger partial charge in [0.25, 0.3) is 0 Å². The average molecular weight is 504 g/mol. The number of carbonyl (C=O) groups is 3. The highest BCUT2D eigenvalue weighted by atomic mass is 32.1. The number of methoxy groups -OCH3 is 1. The predicted molar refractivity (Wildman–Crippen MR) is 141 cm³/mol. The summed E-state index contributed by atoms with van der Waals surface area (Å²) in [5.74, 6) is 5.81. The highest BCUT2D eigenvalue weighted by Gasteiger charge is 2.36. The number of ether oxygens (including phenoxy) is 2. The zero-order valence-electron chi connectivity index (χ0n) is 22.7. The van der Waals surface area contributed by atoms with E-state index < -0.39 is 17.6 Å². The number of carbonyl (C=O) groups excluding carboxylic acids is 3. The predicted octanol–water partition coefficient (Wildman–Crippen LogP) is 6.21. The van der Waals surface area contributed by atoms with Crippen LogP contribution in [0, 0.1) is 29.1 Å². The van der Waals surface area contributed by atoms with E-state index in [2.05, 4.69) is 18.8 Å². The molecule has 1 aromatic rings. The normalized spacial score (nSPS) is 19.2. The van der Waals surface area contributed by atoms with E-state index in [-0.39, 0.29) is 29.6 Å². The van der Waals surface area contributed by atoms with Gasteiger partial charge in [0, 0.05) is 17.4 Å². The Morgan fingerprint density at radius 2 is 1.71 bits per heavy atom. The molecule has 2 rings (SSSR count). The van der Waals surface area contributed by atoms with Crippen molar-refractivity contribution in [1.82, 2.24) is 0 Å². The summed E-state index contributed by atoms with van der Waals surface area (Å²) in [7, 11) is 1.32. The molecule has 0 N–H and O–H groups in total. The van der Waals surface area contributed by atoms with Crippen LogP contribution in [0.25, 0.3) is 0 Å². The van der Waals surface area contributed by atoms with Crippen LogP contribution in [0.3, 0.4) is 0 Å². The number of nitrogens with zero attached hydrogens (tertiary/aromatic N) is 1. The number of rotatable bonds is 6. The van der Waals surface area contributed by atoms with Crippen molar-refractivity contribution in [3.05, 3.63) is 15.8 Å². The lowest BCUT2D eigenvalue weighted by molar-refractivity contribution is -0.155. The molecular weight excluding hydrogens is 462 g/mol. The van der Waals surface area contributed by atoms with Gasteiger partial charge in [0.15, 0.2) is 0 Å². The number of anilines is 1. The summed E-state index contributed by atoms with van der Waals surface area (Å²) in [6.45, 7) is 15.5. The molecule has 1 amide bonds. The van der Waals surface area contributed by atoms with Gasteiger partial charge in [0.2, 0.25) is 5.91 Å². The van der Waals surface area contributed by atoms with Crippen LogP contribution >= 0.6 is 11.3 Å². The van der Waals surface area contributed by atoms with Crippen LogP contribution in [0.1, 0.15) is 102 Å². The third-order valence-corrected chi connectivity index (χ3v) is 6.85. The third kappa shape index (κ3) is 8.68. The van der Waals surface area contributed by atoms with Crippen LogP contribution in [0.4, 0.5) is 5.69 Å². The second-order valence-corrected chi connectivity index (χ2v) is 12.7. The smallest absolute Gasteiger partial charge is 0.350 e. The van der Waals surface area contributed by atoms with E-state index in [9.17, 15) is 14.4 Å². The molecular formula is C28H41NO5S. The van der Waals surface area contributed by atoms with Gasteiger partial charge in [-0.1, -0.05) is 18.8 Å². The van der Waals surface area contributed by atoms with Crippen molar-refractivity contribution in [2.24, 2.45) is 17.3 Å². The summed E-state index contributed by atoms with van der Waals surface area (Å²) in [5, 5.41) is 0. The summed E-state index contributed by atoms with van der Waals surface area (Å²) in [4.78, 5) is 41.9. The van der Waals surface area contributed by atoms with Gasteiger partial charge in [0.05, 0.1) is 24.1 Å². The van der Waals surface area contributed by atoms with Crippen LogP contribution in [-0.4, -0.2) is 36.6 Å². The first-order valence-electron chi connectivity index (χ1n) is 12.4. The minimum atomic E-state index is -0.625. The Morgan fingerprint density at radius 1 is 1.11 bits per heavy atom. The Labute approximate surface area is 214 Å². The summed E-state index contributed by atoms with van der Waals surface area (Å²) < 4.78 is 10.6. The zero-order chi connectivity index (χ0) is 26.6. The minimum Gasteiger partial charge on any atom is -0.465 e. The monoisotopic (exact) mass is 503 g/mol. The Balaban J connectivity index is 2.52. The molecule has 194 valence electrons. The van der Waals surface area contributed by atoms with Crippen LogP contribution in [-0.2, 0) is 19.1 Å². The van der Waals surface area contributed by atoms with Gasteiger partial charge in [-0.15, -0.1) is 11.3 Å². The molecule has 0 spiro atoms. The molecule has 1 fully saturated rings. The lowest BCUT2D eigenvalue weighted by atomic mass is 9.82. The molecule has 1 unspecified atom stereocenters.